The average molecular weight is 452 g/mol. The largest absolute Gasteiger partial charge is 0.452 e. The third-order valence-electron chi connectivity index (χ3n) is 4.73. The van der Waals surface area contributed by atoms with E-state index in [9.17, 15) is 18.0 Å². The van der Waals surface area contributed by atoms with E-state index in [1.165, 1.54) is 34.8 Å². The summed E-state index contributed by atoms with van der Waals surface area (Å²) >= 11 is 5.67. The molecule has 1 aliphatic rings. The van der Waals surface area contributed by atoms with Crippen LogP contribution in [0.3, 0.4) is 0 Å². The van der Waals surface area contributed by atoms with Gasteiger partial charge in [0.25, 0.3) is 5.91 Å². The van der Waals surface area contributed by atoms with Crippen LogP contribution >= 0.6 is 11.6 Å². The van der Waals surface area contributed by atoms with Crippen molar-refractivity contribution < 1.29 is 22.7 Å². The summed E-state index contributed by atoms with van der Waals surface area (Å²) in [5.74, 6) is -1.30. The first-order valence-electron chi connectivity index (χ1n) is 9.47. The Hall–Kier alpha value is -2.49. The monoisotopic (exact) mass is 451 g/mol. The molecule has 0 radical (unpaired) electrons. The number of nitrogens with one attached hydrogen (secondary N) is 1. The Morgan fingerprint density at radius 2 is 1.90 bits per heavy atom. The zero-order chi connectivity index (χ0) is 21.7. The molecule has 0 saturated carbocycles. The summed E-state index contributed by atoms with van der Waals surface area (Å²) in [7, 11) is -3.62. The van der Waals surface area contributed by atoms with Crippen LogP contribution in [0.5, 0.6) is 0 Å². The highest BCUT2D eigenvalue weighted by molar-refractivity contribution is 7.89. The first-order chi connectivity index (χ1) is 14.3. The number of sulfonamides is 1. The normalized spacial score (nSPS) is 14.9. The fourth-order valence-electron chi connectivity index (χ4n) is 3.05. The molecule has 1 fully saturated rings. The van der Waals surface area contributed by atoms with Gasteiger partial charge in [0.2, 0.25) is 10.0 Å². The zero-order valence-electron chi connectivity index (χ0n) is 16.4. The summed E-state index contributed by atoms with van der Waals surface area (Å²) in [4.78, 5) is 28.1. The number of benzene rings is 1. The number of anilines is 1. The Morgan fingerprint density at radius 1 is 1.17 bits per heavy atom. The Bertz CT molecular complexity index is 1030. The van der Waals surface area contributed by atoms with Crippen molar-refractivity contribution in [1.82, 2.24) is 9.29 Å². The number of ether oxygens (including phenoxy) is 1. The molecule has 1 aromatic heterocycles. The lowest BCUT2D eigenvalue weighted by atomic mass is 10.2. The lowest BCUT2D eigenvalue weighted by Crippen LogP contribution is -2.35. The summed E-state index contributed by atoms with van der Waals surface area (Å²) in [6, 6.07) is 7.48. The highest BCUT2D eigenvalue weighted by Gasteiger charge is 2.26. The molecule has 8 nitrogen and oxygen atoms in total. The third-order valence-corrected chi connectivity index (χ3v) is 6.85. The Balaban J connectivity index is 1.65. The fourth-order valence-corrected chi connectivity index (χ4v) is 4.70. The maximum Gasteiger partial charge on any atom is 0.340 e. The highest BCUT2D eigenvalue weighted by Crippen LogP contribution is 2.25. The molecule has 0 spiro atoms. The second-order valence-electron chi connectivity index (χ2n) is 6.94. The summed E-state index contributed by atoms with van der Waals surface area (Å²) < 4.78 is 32.2. The maximum absolute atomic E-state index is 12.9. The number of carbonyl (C=O) groups is 2. The van der Waals surface area contributed by atoms with E-state index in [0.29, 0.717) is 24.3 Å². The molecule has 10 heteroatoms. The molecule has 0 aliphatic carbocycles. The van der Waals surface area contributed by atoms with Crippen molar-refractivity contribution in [2.45, 2.75) is 31.1 Å². The predicted molar refractivity (Wildman–Crippen MR) is 112 cm³/mol. The van der Waals surface area contributed by atoms with Gasteiger partial charge in [0.15, 0.2) is 6.61 Å². The quantitative estimate of drug-likeness (QED) is 0.534. The number of hydrogen-bond donors (Lipinski definition) is 1. The third kappa shape index (κ3) is 5.35. The van der Waals surface area contributed by atoms with E-state index in [2.05, 4.69) is 10.3 Å². The van der Waals surface area contributed by atoms with Gasteiger partial charge in [-0.15, -0.1) is 0 Å². The number of aromatic nitrogens is 1. The molecule has 1 aromatic carbocycles. The highest BCUT2D eigenvalue weighted by atomic mass is 35.5. The molecular weight excluding hydrogens is 430 g/mol. The first kappa shape index (κ1) is 22.2. The van der Waals surface area contributed by atoms with Crippen molar-refractivity contribution in [2.75, 3.05) is 25.0 Å². The molecule has 2 heterocycles. The van der Waals surface area contributed by atoms with Crippen LogP contribution in [0.25, 0.3) is 0 Å². The topological polar surface area (TPSA) is 106 Å². The standard InChI is InChI=1S/C20H22ClN3O5S/c1-14-5-7-16(30(27,28)24-9-3-2-4-10-24)11-17(14)23-19(25)13-29-20(26)15-6-8-18(21)22-12-15/h5-8,11-12H,2-4,9-10,13H2,1H3,(H,23,25). The molecule has 3 rings (SSSR count). The summed E-state index contributed by atoms with van der Waals surface area (Å²) in [5.41, 5.74) is 1.20. The van der Waals surface area contributed by atoms with Crippen LogP contribution in [-0.2, 0) is 19.6 Å². The molecule has 1 saturated heterocycles. The minimum Gasteiger partial charge on any atom is -0.452 e. The van der Waals surface area contributed by atoms with Crippen LogP contribution in [0.1, 0.15) is 35.2 Å². The maximum atomic E-state index is 12.9. The van der Waals surface area contributed by atoms with Gasteiger partial charge in [-0.05, 0) is 49.6 Å². The molecule has 1 amide bonds. The minimum absolute atomic E-state index is 0.120. The number of rotatable bonds is 6. The molecule has 0 atom stereocenters. The number of nitrogens with zero attached hydrogens (tertiary/aromatic N) is 2. The number of hydrogen-bond acceptors (Lipinski definition) is 6. The molecular formula is C20H22ClN3O5S. The molecule has 1 aliphatic heterocycles. The minimum atomic E-state index is -3.62. The fraction of sp³-hybridized carbons (Fsp3) is 0.350. The number of halogens is 1. The van der Waals surface area contributed by atoms with Crippen molar-refractivity contribution in [3.63, 3.8) is 0 Å². The van der Waals surface area contributed by atoms with E-state index in [0.717, 1.165) is 19.3 Å². The molecule has 2 aromatic rings. The van der Waals surface area contributed by atoms with Gasteiger partial charge in [-0.3, -0.25) is 4.79 Å². The van der Waals surface area contributed by atoms with Gasteiger partial charge in [-0.1, -0.05) is 24.1 Å². The van der Waals surface area contributed by atoms with Crippen LogP contribution in [0.2, 0.25) is 5.15 Å². The van der Waals surface area contributed by atoms with Crippen molar-refractivity contribution >= 4 is 39.2 Å². The second-order valence-corrected chi connectivity index (χ2v) is 9.26. The number of carbonyl (C=O) groups excluding carboxylic acids is 2. The number of piperidine rings is 1. The molecule has 160 valence electrons. The second kappa shape index (κ2) is 9.55. The summed E-state index contributed by atoms with van der Waals surface area (Å²) in [6.45, 7) is 2.21. The summed E-state index contributed by atoms with van der Waals surface area (Å²) in [6.07, 6.45) is 3.94. The van der Waals surface area contributed by atoms with E-state index in [1.54, 1.807) is 13.0 Å². The Morgan fingerprint density at radius 3 is 2.57 bits per heavy atom. The lowest BCUT2D eigenvalue weighted by molar-refractivity contribution is -0.119. The number of amides is 1. The van der Waals surface area contributed by atoms with Gasteiger partial charge in [-0.2, -0.15) is 4.31 Å². The Kier molecular flexibility index (Phi) is 7.06. The Labute approximate surface area is 180 Å². The molecule has 0 bridgehead atoms. The van der Waals surface area contributed by atoms with Crippen LogP contribution in [0, 0.1) is 6.92 Å². The van der Waals surface area contributed by atoms with Gasteiger partial charge in [-0.25, -0.2) is 18.2 Å². The zero-order valence-corrected chi connectivity index (χ0v) is 18.0. The van der Waals surface area contributed by atoms with Crippen LogP contribution in [-0.4, -0.2) is 49.3 Å². The van der Waals surface area contributed by atoms with Crippen LogP contribution < -0.4 is 5.32 Å². The van der Waals surface area contributed by atoms with Gasteiger partial charge < -0.3 is 10.1 Å². The predicted octanol–water partition coefficient (Wildman–Crippen LogP) is 3.01. The van der Waals surface area contributed by atoms with E-state index < -0.39 is 28.5 Å². The van der Waals surface area contributed by atoms with Crippen molar-refractivity contribution in [3.05, 3.63) is 52.8 Å². The number of aryl methyl sites for hydroxylation is 1. The van der Waals surface area contributed by atoms with Gasteiger partial charge in [0.05, 0.1) is 10.5 Å². The van der Waals surface area contributed by atoms with Gasteiger partial charge >= 0.3 is 5.97 Å². The van der Waals surface area contributed by atoms with E-state index >= 15 is 0 Å². The van der Waals surface area contributed by atoms with Crippen LogP contribution in [0.4, 0.5) is 5.69 Å². The average Bonchev–Trinajstić information content (AvgIpc) is 2.74. The van der Waals surface area contributed by atoms with E-state index in [1.807, 2.05) is 0 Å². The summed E-state index contributed by atoms with van der Waals surface area (Å²) in [5, 5.41) is 2.84. The molecule has 1 N–H and O–H groups in total. The van der Waals surface area contributed by atoms with Gasteiger partial charge in [0.1, 0.15) is 5.15 Å². The molecule has 30 heavy (non-hydrogen) atoms. The van der Waals surface area contributed by atoms with Gasteiger partial charge in [0, 0.05) is 25.0 Å². The van der Waals surface area contributed by atoms with Crippen LogP contribution in [0.15, 0.2) is 41.4 Å². The SMILES string of the molecule is Cc1ccc(S(=O)(=O)N2CCCCC2)cc1NC(=O)COC(=O)c1ccc(Cl)nc1. The van der Waals surface area contributed by atoms with Crippen molar-refractivity contribution in [3.8, 4) is 0 Å². The lowest BCUT2D eigenvalue weighted by Gasteiger charge is -2.26. The van der Waals surface area contributed by atoms with E-state index in [-0.39, 0.29) is 15.6 Å². The van der Waals surface area contributed by atoms with E-state index in [4.69, 9.17) is 16.3 Å². The smallest absolute Gasteiger partial charge is 0.340 e. The van der Waals surface area contributed by atoms with Crippen molar-refractivity contribution in [2.24, 2.45) is 0 Å². The number of pyridine rings is 1. The first-order valence-corrected chi connectivity index (χ1v) is 11.3. The van der Waals surface area contributed by atoms with Crippen molar-refractivity contribution in [1.29, 1.82) is 0 Å². The number of esters is 1. The molecule has 0 unspecified atom stereocenters.